The summed E-state index contributed by atoms with van der Waals surface area (Å²) in [4.78, 5) is 12.0. The number of nitrogens with one attached hydrogen (secondary N) is 2. The lowest BCUT2D eigenvalue weighted by Crippen LogP contribution is -2.36. The third-order valence-corrected chi connectivity index (χ3v) is 3.50. The van der Waals surface area contributed by atoms with E-state index in [1.807, 2.05) is 56.3 Å². The number of urea groups is 1. The van der Waals surface area contributed by atoms with Gasteiger partial charge in [-0.3, -0.25) is 0 Å². The minimum absolute atomic E-state index is 0.177. The molecule has 2 rings (SSSR count). The zero-order valence-corrected chi connectivity index (χ0v) is 14.1. The third-order valence-electron chi connectivity index (χ3n) is 3.50. The number of hydrogen-bond acceptors (Lipinski definition) is 3. The molecular weight excluding hydrogens is 304 g/mol. The van der Waals surface area contributed by atoms with Crippen LogP contribution in [-0.4, -0.2) is 30.4 Å². The molecule has 0 heterocycles. The van der Waals surface area contributed by atoms with Crippen LogP contribution in [0.2, 0.25) is 0 Å². The maximum atomic E-state index is 12.0. The molecule has 3 N–H and O–H groups in total. The summed E-state index contributed by atoms with van der Waals surface area (Å²) in [6, 6.07) is 14.9. The molecule has 0 aliphatic rings. The maximum Gasteiger partial charge on any atom is 0.319 e. The molecule has 0 radical (unpaired) electrons. The first kappa shape index (κ1) is 17.8. The van der Waals surface area contributed by atoms with Gasteiger partial charge >= 0.3 is 6.03 Å². The SMILES string of the molecule is CCOc1cc(C)ccc1NC(=O)NCC(O)Cc1ccccc1. The number of benzene rings is 2. The molecule has 1 atom stereocenters. The van der Waals surface area contributed by atoms with E-state index in [1.165, 1.54) is 0 Å². The van der Waals surface area contributed by atoms with Gasteiger partial charge in [0.2, 0.25) is 0 Å². The van der Waals surface area contributed by atoms with Crippen molar-refractivity contribution >= 4 is 11.7 Å². The molecule has 0 bridgehead atoms. The lowest BCUT2D eigenvalue weighted by atomic mass is 10.1. The van der Waals surface area contributed by atoms with Gasteiger partial charge in [0.25, 0.3) is 0 Å². The fraction of sp³-hybridized carbons (Fsp3) is 0.316. The Hall–Kier alpha value is -2.53. The molecule has 2 aromatic carbocycles. The molecule has 5 nitrogen and oxygen atoms in total. The van der Waals surface area contributed by atoms with Gasteiger partial charge in [0.1, 0.15) is 5.75 Å². The van der Waals surface area contributed by atoms with Crippen molar-refractivity contribution < 1.29 is 14.6 Å². The molecule has 0 aromatic heterocycles. The topological polar surface area (TPSA) is 70.6 Å². The smallest absolute Gasteiger partial charge is 0.319 e. The van der Waals surface area contributed by atoms with Crippen molar-refractivity contribution in [2.45, 2.75) is 26.4 Å². The van der Waals surface area contributed by atoms with Gasteiger partial charge in [-0.2, -0.15) is 0 Å². The fourth-order valence-electron chi connectivity index (χ4n) is 2.34. The van der Waals surface area contributed by atoms with Crippen LogP contribution in [0.5, 0.6) is 5.75 Å². The molecule has 0 saturated carbocycles. The average molecular weight is 328 g/mol. The lowest BCUT2D eigenvalue weighted by Gasteiger charge is -2.15. The number of anilines is 1. The van der Waals surface area contributed by atoms with Crippen molar-refractivity contribution in [1.29, 1.82) is 0 Å². The third kappa shape index (κ3) is 5.59. The monoisotopic (exact) mass is 328 g/mol. The van der Waals surface area contributed by atoms with Crippen LogP contribution < -0.4 is 15.4 Å². The highest BCUT2D eigenvalue weighted by Gasteiger charge is 2.10. The molecule has 24 heavy (non-hydrogen) atoms. The second-order valence-electron chi connectivity index (χ2n) is 5.61. The van der Waals surface area contributed by atoms with Crippen LogP contribution in [0.4, 0.5) is 10.5 Å². The predicted octanol–water partition coefficient (Wildman–Crippen LogP) is 3.12. The van der Waals surface area contributed by atoms with E-state index in [1.54, 1.807) is 6.07 Å². The first-order valence-electron chi connectivity index (χ1n) is 8.08. The molecule has 1 unspecified atom stereocenters. The van der Waals surface area contributed by atoms with Gasteiger partial charge in [0, 0.05) is 13.0 Å². The van der Waals surface area contributed by atoms with Crippen molar-refractivity contribution in [3.05, 3.63) is 59.7 Å². The van der Waals surface area contributed by atoms with Crippen LogP contribution in [-0.2, 0) is 6.42 Å². The quantitative estimate of drug-likeness (QED) is 0.731. The largest absolute Gasteiger partial charge is 0.492 e. The van der Waals surface area contributed by atoms with E-state index in [9.17, 15) is 9.90 Å². The Labute approximate surface area is 142 Å². The zero-order valence-electron chi connectivity index (χ0n) is 14.1. The number of aliphatic hydroxyl groups is 1. The van der Waals surface area contributed by atoms with E-state index in [4.69, 9.17) is 4.74 Å². The summed E-state index contributed by atoms with van der Waals surface area (Å²) >= 11 is 0. The van der Waals surface area contributed by atoms with Gasteiger partial charge in [-0.15, -0.1) is 0 Å². The standard InChI is InChI=1S/C19H24N2O3/c1-3-24-18-11-14(2)9-10-17(18)21-19(23)20-13-16(22)12-15-7-5-4-6-8-15/h4-11,16,22H,3,12-13H2,1-2H3,(H2,20,21,23). The molecule has 128 valence electrons. The normalized spacial score (nSPS) is 11.6. The number of aryl methyl sites for hydroxylation is 1. The Bertz CT molecular complexity index is 659. The number of carbonyl (C=O) groups excluding carboxylic acids is 1. The summed E-state index contributed by atoms with van der Waals surface area (Å²) in [5, 5.41) is 15.5. The number of amides is 2. The summed E-state index contributed by atoms with van der Waals surface area (Å²) in [7, 11) is 0. The first-order valence-corrected chi connectivity index (χ1v) is 8.08. The van der Waals surface area contributed by atoms with Crippen LogP contribution in [0, 0.1) is 6.92 Å². The van der Waals surface area contributed by atoms with Gasteiger partial charge < -0.3 is 20.5 Å². The van der Waals surface area contributed by atoms with Crippen LogP contribution in [0.15, 0.2) is 48.5 Å². The summed E-state index contributed by atoms with van der Waals surface area (Å²) < 4.78 is 5.53. The number of carbonyl (C=O) groups is 1. The second kappa shape index (κ2) is 8.93. The fourth-order valence-corrected chi connectivity index (χ4v) is 2.34. The molecule has 0 aliphatic carbocycles. The number of aliphatic hydroxyl groups excluding tert-OH is 1. The first-order chi connectivity index (χ1) is 11.6. The summed E-state index contributed by atoms with van der Waals surface area (Å²) in [5.41, 5.74) is 2.70. The molecule has 0 saturated heterocycles. The van der Waals surface area contributed by atoms with Gasteiger partial charge in [-0.05, 0) is 37.1 Å². The van der Waals surface area contributed by atoms with Crippen molar-refractivity contribution in [3.63, 3.8) is 0 Å². The summed E-state index contributed by atoms with van der Waals surface area (Å²) in [6.07, 6.45) is -0.141. The zero-order chi connectivity index (χ0) is 17.4. The van der Waals surface area contributed by atoms with Crippen LogP contribution in [0.25, 0.3) is 0 Å². The highest BCUT2D eigenvalue weighted by atomic mass is 16.5. The average Bonchev–Trinajstić information content (AvgIpc) is 2.57. The van der Waals surface area contributed by atoms with E-state index in [2.05, 4.69) is 10.6 Å². The van der Waals surface area contributed by atoms with Gasteiger partial charge in [-0.1, -0.05) is 36.4 Å². The summed E-state index contributed by atoms with van der Waals surface area (Å²) in [5.74, 6) is 0.637. The highest BCUT2D eigenvalue weighted by molar-refractivity contribution is 5.91. The Morgan fingerprint density at radius 2 is 1.96 bits per heavy atom. The van der Waals surface area contributed by atoms with E-state index in [0.717, 1.165) is 11.1 Å². The van der Waals surface area contributed by atoms with E-state index in [-0.39, 0.29) is 12.6 Å². The molecule has 0 aliphatic heterocycles. The Morgan fingerprint density at radius 1 is 1.21 bits per heavy atom. The predicted molar refractivity (Wildman–Crippen MR) is 95.5 cm³/mol. The van der Waals surface area contributed by atoms with E-state index >= 15 is 0 Å². The number of hydrogen-bond donors (Lipinski definition) is 3. The van der Waals surface area contributed by atoms with Crippen LogP contribution in [0.1, 0.15) is 18.1 Å². The Balaban J connectivity index is 1.85. The molecule has 0 fully saturated rings. The second-order valence-corrected chi connectivity index (χ2v) is 5.61. The van der Waals surface area contributed by atoms with E-state index in [0.29, 0.717) is 24.5 Å². The Morgan fingerprint density at radius 3 is 2.67 bits per heavy atom. The molecule has 5 heteroatoms. The van der Waals surface area contributed by atoms with Gasteiger partial charge in [0.05, 0.1) is 18.4 Å². The van der Waals surface area contributed by atoms with Crippen molar-refractivity contribution in [2.24, 2.45) is 0 Å². The van der Waals surface area contributed by atoms with Gasteiger partial charge in [0.15, 0.2) is 0 Å². The minimum atomic E-state index is -0.637. The van der Waals surface area contributed by atoms with Crippen LogP contribution >= 0.6 is 0 Å². The lowest BCUT2D eigenvalue weighted by molar-refractivity contribution is 0.172. The van der Waals surface area contributed by atoms with Crippen molar-refractivity contribution in [2.75, 3.05) is 18.5 Å². The highest BCUT2D eigenvalue weighted by Crippen LogP contribution is 2.25. The molecule has 2 amide bonds. The van der Waals surface area contributed by atoms with Crippen molar-refractivity contribution in [1.82, 2.24) is 5.32 Å². The molecular formula is C19H24N2O3. The van der Waals surface area contributed by atoms with Crippen LogP contribution in [0.3, 0.4) is 0 Å². The number of ether oxygens (including phenoxy) is 1. The number of rotatable bonds is 7. The maximum absolute atomic E-state index is 12.0. The minimum Gasteiger partial charge on any atom is -0.492 e. The van der Waals surface area contributed by atoms with E-state index < -0.39 is 6.10 Å². The van der Waals surface area contributed by atoms with Crippen molar-refractivity contribution in [3.8, 4) is 5.75 Å². The van der Waals surface area contributed by atoms with Gasteiger partial charge in [-0.25, -0.2) is 4.79 Å². The molecule has 2 aromatic rings. The molecule has 0 spiro atoms. The summed E-state index contributed by atoms with van der Waals surface area (Å²) in [6.45, 7) is 4.56. The Kier molecular flexibility index (Phi) is 6.63.